The van der Waals surface area contributed by atoms with E-state index in [-0.39, 0.29) is 5.91 Å². The average molecular weight is 126 g/mol. The van der Waals surface area contributed by atoms with Crippen LogP contribution in [0.3, 0.4) is 0 Å². The maximum atomic E-state index is 10.7. The van der Waals surface area contributed by atoms with Crippen LogP contribution in [0.25, 0.3) is 0 Å². The molecule has 0 aliphatic carbocycles. The van der Waals surface area contributed by atoms with Crippen LogP contribution in [-0.4, -0.2) is 25.0 Å². The smallest absolute Gasteiger partial charge is 0.220 e. The molecule has 0 radical (unpaired) electrons. The molecule has 2 fully saturated rings. The molecule has 50 valence electrons. The Kier molecular flexibility index (Phi) is 0.990. The molecule has 0 bridgehead atoms. The van der Waals surface area contributed by atoms with Crippen molar-refractivity contribution in [3.63, 3.8) is 0 Å². The Morgan fingerprint density at radius 3 is 3.11 bits per heavy atom. The highest BCUT2D eigenvalue weighted by Gasteiger charge is 2.35. The molecular weight excluding hydrogens is 116 g/mol. The second kappa shape index (κ2) is 1.70. The molecule has 3 nitrogen and oxygen atoms in total. The molecule has 0 spiro atoms. The first-order valence-corrected chi connectivity index (χ1v) is 3.36. The van der Waals surface area contributed by atoms with Crippen LogP contribution >= 0.6 is 0 Å². The van der Waals surface area contributed by atoms with Crippen LogP contribution in [0.1, 0.15) is 6.42 Å². The zero-order valence-corrected chi connectivity index (χ0v) is 5.18. The summed E-state index contributed by atoms with van der Waals surface area (Å²) in [5, 5.41) is 6.14. The topological polar surface area (TPSA) is 41.1 Å². The fourth-order valence-corrected chi connectivity index (χ4v) is 1.62. The highest BCUT2D eigenvalue weighted by atomic mass is 16.2. The van der Waals surface area contributed by atoms with Crippen molar-refractivity contribution in [1.82, 2.24) is 10.6 Å². The first kappa shape index (κ1) is 5.23. The van der Waals surface area contributed by atoms with E-state index in [9.17, 15) is 4.79 Å². The summed E-state index contributed by atoms with van der Waals surface area (Å²) >= 11 is 0. The molecule has 2 atom stereocenters. The first-order valence-electron chi connectivity index (χ1n) is 3.36. The van der Waals surface area contributed by atoms with Crippen LogP contribution < -0.4 is 10.6 Å². The van der Waals surface area contributed by atoms with Crippen LogP contribution in [0.4, 0.5) is 0 Å². The summed E-state index contributed by atoms with van der Waals surface area (Å²) in [6.07, 6.45) is 0.734. The molecule has 3 heteroatoms. The van der Waals surface area contributed by atoms with Gasteiger partial charge in [0, 0.05) is 31.5 Å². The lowest BCUT2D eigenvalue weighted by Crippen LogP contribution is -2.30. The Hall–Kier alpha value is -0.570. The van der Waals surface area contributed by atoms with Crippen LogP contribution in [0.5, 0.6) is 0 Å². The van der Waals surface area contributed by atoms with E-state index >= 15 is 0 Å². The number of fused-ring (bicyclic) bond motifs is 1. The molecule has 2 saturated heterocycles. The summed E-state index contributed by atoms with van der Waals surface area (Å²) in [5.74, 6) is 0.809. The van der Waals surface area contributed by atoms with Gasteiger partial charge < -0.3 is 10.6 Å². The van der Waals surface area contributed by atoms with Gasteiger partial charge in [-0.1, -0.05) is 0 Å². The number of carbonyl (C=O) groups is 1. The Morgan fingerprint density at radius 1 is 1.44 bits per heavy atom. The lowest BCUT2D eigenvalue weighted by atomic mass is 10.1. The monoisotopic (exact) mass is 126 g/mol. The Labute approximate surface area is 53.8 Å². The normalized spacial score (nSPS) is 40.7. The van der Waals surface area contributed by atoms with Gasteiger partial charge in [0.05, 0.1) is 0 Å². The third kappa shape index (κ3) is 0.721. The zero-order chi connectivity index (χ0) is 6.27. The number of nitrogens with one attached hydrogen (secondary N) is 2. The van der Waals surface area contributed by atoms with E-state index < -0.39 is 0 Å². The predicted molar refractivity (Wildman–Crippen MR) is 32.9 cm³/mol. The van der Waals surface area contributed by atoms with Crippen molar-refractivity contribution in [3.8, 4) is 0 Å². The summed E-state index contributed by atoms with van der Waals surface area (Å²) < 4.78 is 0. The van der Waals surface area contributed by atoms with Crippen molar-refractivity contribution >= 4 is 5.91 Å². The summed E-state index contributed by atoms with van der Waals surface area (Å²) in [5.41, 5.74) is 0. The largest absolute Gasteiger partial charge is 0.352 e. The average Bonchev–Trinajstić information content (AvgIpc) is 2.22. The van der Waals surface area contributed by atoms with E-state index in [1.165, 1.54) is 0 Å². The van der Waals surface area contributed by atoms with Crippen LogP contribution in [0.15, 0.2) is 0 Å². The quantitative estimate of drug-likeness (QED) is 0.441. The first-order chi connectivity index (χ1) is 4.36. The SMILES string of the molecule is O=C1C[C@H]2CNC[C@@H]2N1. The minimum atomic E-state index is 0.228. The molecule has 9 heavy (non-hydrogen) atoms. The minimum Gasteiger partial charge on any atom is -0.352 e. The molecule has 2 aliphatic heterocycles. The van der Waals surface area contributed by atoms with Crippen molar-refractivity contribution in [1.29, 1.82) is 0 Å². The van der Waals surface area contributed by atoms with Crippen molar-refractivity contribution in [2.24, 2.45) is 5.92 Å². The Bertz CT molecular complexity index is 132. The lowest BCUT2D eigenvalue weighted by Gasteiger charge is -2.03. The molecule has 0 saturated carbocycles. The van der Waals surface area contributed by atoms with E-state index in [1.807, 2.05) is 0 Å². The molecule has 2 rings (SSSR count). The van der Waals surface area contributed by atoms with Gasteiger partial charge in [0.1, 0.15) is 0 Å². The summed E-state index contributed by atoms with van der Waals surface area (Å²) in [6, 6.07) is 0.442. The van der Waals surface area contributed by atoms with Crippen molar-refractivity contribution < 1.29 is 4.79 Å². The van der Waals surface area contributed by atoms with Gasteiger partial charge in [0.2, 0.25) is 5.91 Å². The molecule has 1 amide bonds. The zero-order valence-electron chi connectivity index (χ0n) is 5.18. The van der Waals surface area contributed by atoms with Gasteiger partial charge in [0.15, 0.2) is 0 Å². The van der Waals surface area contributed by atoms with Gasteiger partial charge in [0.25, 0.3) is 0 Å². The fraction of sp³-hybridized carbons (Fsp3) is 0.833. The highest BCUT2D eigenvalue weighted by molar-refractivity contribution is 5.79. The summed E-state index contributed by atoms with van der Waals surface area (Å²) in [7, 11) is 0. The van der Waals surface area contributed by atoms with E-state index in [4.69, 9.17) is 0 Å². The standard InChI is InChI=1S/C6H10N2O/c9-6-1-4-2-7-3-5(4)8-6/h4-5,7H,1-3H2,(H,8,9)/t4-,5-/m0/s1. The van der Waals surface area contributed by atoms with Crippen LogP contribution in [0.2, 0.25) is 0 Å². The van der Waals surface area contributed by atoms with Gasteiger partial charge >= 0.3 is 0 Å². The van der Waals surface area contributed by atoms with Gasteiger partial charge in [-0.15, -0.1) is 0 Å². The second-order valence-corrected chi connectivity index (χ2v) is 2.80. The van der Waals surface area contributed by atoms with Crippen molar-refractivity contribution in [2.45, 2.75) is 12.5 Å². The summed E-state index contributed by atoms with van der Waals surface area (Å²) in [4.78, 5) is 10.7. The highest BCUT2D eigenvalue weighted by Crippen LogP contribution is 2.18. The van der Waals surface area contributed by atoms with Gasteiger partial charge in [-0.2, -0.15) is 0 Å². The number of hydrogen-bond acceptors (Lipinski definition) is 2. The summed E-state index contributed by atoms with van der Waals surface area (Å²) in [6.45, 7) is 1.99. The number of hydrogen-bond donors (Lipinski definition) is 2. The molecule has 0 aromatic rings. The molecule has 0 unspecified atom stereocenters. The number of carbonyl (C=O) groups excluding carboxylic acids is 1. The molecule has 2 N–H and O–H groups in total. The van der Waals surface area contributed by atoms with E-state index in [2.05, 4.69) is 10.6 Å². The lowest BCUT2D eigenvalue weighted by molar-refractivity contribution is -0.119. The van der Waals surface area contributed by atoms with E-state index in [0.717, 1.165) is 19.5 Å². The molecule has 2 heterocycles. The number of amides is 1. The third-order valence-electron chi connectivity index (χ3n) is 2.13. The minimum absolute atomic E-state index is 0.228. The maximum absolute atomic E-state index is 10.7. The molecule has 0 aromatic carbocycles. The van der Waals surface area contributed by atoms with Crippen molar-refractivity contribution in [3.05, 3.63) is 0 Å². The third-order valence-corrected chi connectivity index (χ3v) is 2.13. The molecule has 2 aliphatic rings. The van der Waals surface area contributed by atoms with E-state index in [0.29, 0.717) is 12.0 Å². The van der Waals surface area contributed by atoms with E-state index in [1.54, 1.807) is 0 Å². The second-order valence-electron chi connectivity index (χ2n) is 2.80. The predicted octanol–water partition coefficient (Wildman–Crippen LogP) is -0.906. The van der Waals surface area contributed by atoms with Crippen LogP contribution in [-0.2, 0) is 4.79 Å². The van der Waals surface area contributed by atoms with Crippen LogP contribution in [0, 0.1) is 5.92 Å². The molecular formula is C6H10N2O. The number of rotatable bonds is 0. The fourth-order valence-electron chi connectivity index (χ4n) is 1.62. The van der Waals surface area contributed by atoms with Gasteiger partial charge in [-0.3, -0.25) is 4.79 Å². The van der Waals surface area contributed by atoms with Gasteiger partial charge in [-0.05, 0) is 0 Å². The van der Waals surface area contributed by atoms with Gasteiger partial charge in [-0.25, -0.2) is 0 Å². The maximum Gasteiger partial charge on any atom is 0.220 e. The molecule has 0 aromatic heterocycles. The Balaban J connectivity index is 2.09. The Morgan fingerprint density at radius 2 is 2.33 bits per heavy atom. The van der Waals surface area contributed by atoms with Crippen molar-refractivity contribution in [2.75, 3.05) is 13.1 Å².